The van der Waals surface area contributed by atoms with Crippen LogP contribution in [0.1, 0.15) is 27.2 Å². The van der Waals surface area contributed by atoms with Crippen molar-refractivity contribution in [2.75, 3.05) is 0 Å². The van der Waals surface area contributed by atoms with Crippen LogP contribution in [0.4, 0.5) is 4.79 Å². The van der Waals surface area contributed by atoms with Gasteiger partial charge in [0.05, 0.1) is 0 Å². The molecular formula is C18H24O3. The number of hydrogen-bond donors (Lipinski definition) is 1. The Balaban J connectivity index is 5.01. The molecule has 0 bridgehead atoms. The first-order valence-electron chi connectivity index (χ1n) is 6.73. The summed E-state index contributed by atoms with van der Waals surface area (Å²) in [7, 11) is 0. The average molecular weight is 288 g/mol. The van der Waals surface area contributed by atoms with Crippen LogP contribution in [-0.4, -0.2) is 11.3 Å². The molecule has 3 nitrogen and oxygen atoms in total. The van der Waals surface area contributed by atoms with Gasteiger partial charge in [0.2, 0.25) is 0 Å². The molecule has 0 saturated heterocycles. The zero-order chi connectivity index (χ0) is 16.3. The van der Waals surface area contributed by atoms with E-state index < -0.39 is 6.16 Å². The van der Waals surface area contributed by atoms with Crippen LogP contribution in [-0.2, 0) is 4.74 Å². The molecule has 0 atom stereocenters. The Labute approximate surface area is 127 Å². The summed E-state index contributed by atoms with van der Waals surface area (Å²) >= 11 is 0. The minimum absolute atomic E-state index is 0.0975. The van der Waals surface area contributed by atoms with Gasteiger partial charge in [0, 0.05) is 0 Å². The molecule has 0 aromatic heterocycles. The van der Waals surface area contributed by atoms with Crippen molar-refractivity contribution in [1.82, 2.24) is 0 Å². The third-order valence-corrected chi connectivity index (χ3v) is 2.82. The Bertz CT molecular complexity index is 489. The van der Waals surface area contributed by atoms with Crippen LogP contribution in [0.5, 0.6) is 0 Å². The molecule has 0 amide bonds. The Hall–Kier alpha value is -2.29. The first-order chi connectivity index (χ1) is 9.87. The van der Waals surface area contributed by atoms with Crippen LogP contribution < -0.4 is 0 Å². The monoisotopic (exact) mass is 288 g/mol. The second kappa shape index (κ2) is 9.59. The fourth-order valence-electron chi connectivity index (χ4n) is 1.74. The van der Waals surface area contributed by atoms with E-state index >= 15 is 0 Å². The number of allylic oxidation sites excluding steroid dienone is 9. The Morgan fingerprint density at radius 3 is 2.29 bits per heavy atom. The van der Waals surface area contributed by atoms with E-state index in [0.29, 0.717) is 0 Å². The zero-order valence-electron chi connectivity index (χ0n) is 13.0. The van der Waals surface area contributed by atoms with Gasteiger partial charge in [0.15, 0.2) is 0 Å². The molecule has 21 heavy (non-hydrogen) atoms. The molecular weight excluding hydrogens is 264 g/mol. The molecule has 0 radical (unpaired) electrons. The van der Waals surface area contributed by atoms with Gasteiger partial charge in [-0.15, -0.1) is 0 Å². The Morgan fingerprint density at radius 1 is 1.19 bits per heavy atom. The maximum absolute atomic E-state index is 10.6. The molecule has 3 heteroatoms. The van der Waals surface area contributed by atoms with Crippen molar-refractivity contribution < 1.29 is 14.6 Å². The maximum atomic E-state index is 10.6. The second-order valence-electron chi connectivity index (χ2n) is 5.02. The second-order valence-corrected chi connectivity index (χ2v) is 5.02. The lowest BCUT2D eigenvalue weighted by molar-refractivity contribution is 0.122. The molecule has 0 aromatic carbocycles. The van der Waals surface area contributed by atoms with Gasteiger partial charge in [-0.1, -0.05) is 63.5 Å². The summed E-state index contributed by atoms with van der Waals surface area (Å²) in [6.45, 7) is 13.4. The lowest BCUT2D eigenvalue weighted by Crippen LogP contribution is -2.12. The molecule has 0 spiro atoms. The first kappa shape index (κ1) is 18.7. The van der Waals surface area contributed by atoms with E-state index in [1.807, 2.05) is 31.2 Å². The fourth-order valence-corrected chi connectivity index (χ4v) is 1.74. The van der Waals surface area contributed by atoms with Crippen LogP contribution in [0.3, 0.4) is 0 Å². The van der Waals surface area contributed by atoms with Crippen molar-refractivity contribution in [3.8, 4) is 0 Å². The minimum Gasteiger partial charge on any atom is -0.449 e. The van der Waals surface area contributed by atoms with Crippen molar-refractivity contribution in [2.45, 2.75) is 27.2 Å². The van der Waals surface area contributed by atoms with Crippen molar-refractivity contribution in [3.63, 3.8) is 0 Å². The topological polar surface area (TPSA) is 46.5 Å². The quantitative estimate of drug-likeness (QED) is 0.369. The Morgan fingerprint density at radius 2 is 1.81 bits per heavy atom. The fraction of sp³-hybridized carbons (Fsp3) is 0.278. The van der Waals surface area contributed by atoms with Gasteiger partial charge in [0.1, 0.15) is 5.76 Å². The maximum Gasteiger partial charge on any atom is 0.511 e. The molecule has 0 fully saturated rings. The van der Waals surface area contributed by atoms with Gasteiger partial charge < -0.3 is 9.84 Å². The normalized spacial score (nSPS) is 13.7. The van der Waals surface area contributed by atoms with E-state index in [1.54, 1.807) is 12.2 Å². The highest BCUT2D eigenvalue weighted by molar-refractivity contribution is 5.59. The van der Waals surface area contributed by atoms with Gasteiger partial charge in [-0.3, -0.25) is 0 Å². The smallest absolute Gasteiger partial charge is 0.449 e. The van der Waals surface area contributed by atoms with Crippen LogP contribution in [0.15, 0.2) is 73.1 Å². The number of carboxylic acid groups (broad SMARTS) is 1. The number of rotatable bonds is 8. The van der Waals surface area contributed by atoms with Crippen molar-refractivity contribution >= 4 is 6.16 Å². The average Bonchev–Trinajstić information content (AvgIpc) is 2.37. The highest BCUT2D eigenvalue weighted by Gasteiger charge is 2.19. The molecule has 0 saturated carbocycles. The summed E-state index contributed by atoms with van der Waals surface area (Å²) < 4.78 is 4.64. The molecule has 1 N–H and O–H groups in total. The predicted molar refractivity (Wildman–Crippen MR) is 88.0 cm³/mol. The van der Waals surface area contributed by atoms with E-state index in [0.717, 1.165) is 12.0 Å². The van der Waals surface area contributed by atoms with Gasteiger partial charge in [-0.05, 0) is 36.5 Å². The van der Waals surface area contributed by atoms with E-state index in [-0.39, 0.29) is 11.2 Å². The summed E-state index contributed by atoms with van der Waals surface area (Å²) in [6, 6.07) is 0. The molecule has 0 aliphatic carbocycles. The third kappa shape index (κ3) is 7.78. The van der Waals surface area contributed by atoms with Crippen LogP contribution in [0.25, 0.3) is 0 Å². The Kier molecular flexibility index (Phi) is 8.54. The predicted octanol–water partition coefficient (Wildman–Crippen LogP) is 5.41. The summed E-state index contributed by atoms with van der Waals surface area (Å²) in [4.78, 5) is 10.6. The molecule has 0 aromatic rings. The molecule has 0 unspecified atom stereocenters. The van der Waals surface area contributed by atoms with E-state index in [2.05, 4.69) is 31.7 Å². The van der Waals surface area contributed by atoms with Crippen LogP contribution in [0.2, 0.25) is 0 Å². The SMILES string of the molecule is C=C/C=C(\C=C/CC(C)(C)C(/C=C\C)=C/C=C)OC(=O)O. The molecule has 114 valence electrons. The number of carbonyl (C=O) groups is 1. The van der Waals surface area contributed by atoms with Crippen molar-refractivity contribution in [2.24, 2.45) is 5.41 Å². The standard InChI is InChI=1S/C18H24O3/c1-6-10-15(11-7-2)18(4,5)14-9-13-16(12-8-3)21-17(19)20/h6-13H,1,3,14H2,2,4-5H3,(H,19,20)/b11-7-,13-9-,15-10+,16-12+. The summed E-state index contributed by atoms with van der Waals surface area (Å²) in [5.74, 6) is 0.244. The number of ether oxygens (including phenoxy) is 1. The van der Waals surface area contributed by atoms with E-state index in [4.69, 9.17) is 5.11 Å². The van der Waals surface area contributed by atoms with Gasteiger partial charge in [-0.2, -0.15) is 0 Å². The van der Waals surface area contributed by atoms with Crippen LogP contribution >= 0.6 is 0 Å². The lowest BCUT2D eigenvalue weighted by atomic mass is 9.80. The van der Waals surface area contributed by atoms with Crippen LogP contribution in [0, 0.1) is 5.41 Å². The van der Waals surface area contributed by atoms with Crippen molar-refractivity contribution in [1.29, 1.82) is 0 Å². The largest absolute Gasteiger partial charge is 0.511 e. The highest BCUT2D eigenvalue weighted by atomic mass is 16.7. The molecule has 0 rings (SSSR count). The summed E-state index contributed by atoms with van der Waals surface area (Å²) in [6.07, 6.45) is 13.7. The summed E-state index contributed by atoms with van der Waals surface area (Å²) in [5, 5.41) is 8.64. The molecule has 0 aliphatic heterocycles. The molecule has 0 aliphatic rings. The number of hydrogen-bond acceptors (Lipinski definition) is 2. The summed E-state index contributed by atoms with van der Waals surface area (Å²) in [5.41, 5.74) is 1.05. The van der Waals surface area contributed by atoms with E-state index in [1.165, 1.54) is 12.2 Å². The first-order valence-corrected chi connectivity index (χ1v) is 6.73. The van der Waals surface area contributed by atoms with Gasteiger partial charge >= 0.3 is 6.16 Å². The highest BCUT2D eigenvalue weighted by Crippen LogP contribution is 2.32. The third-order valence-electron chi connectivity index (χ3n) is 2.82. The van der Waals surface area contributed by atoms with Crippen molar-refractivity contribution in [3.05, 3.63) is 73.1 Å². The van der Waals surface area contributed by atoms with E-state index in [9.17, 15) is 4.79 Å². The minimum atomic E-state index is -1.34. The zero-order valence-corrected chi connectivity index (χ0v) is 13.0. The lowest BCUT2D eigenvalue weighted by Gasteiger charge is -2.24. The van der Waals surface area contributed by atoms with Gasteiger partial charge in [-0.25, -0.2) is 4.79 Å². The van der Waals surface area contributed by atoms with Gasteiger partial charge in [0.25, 0.3) is 0 Å². The molecule has 0 heterocycles.